The highest BCUT2D eigenvalue weighted by Gasteiger charge is 2.15. The molecule has 15 heavy (non-hydrogen) atoms. The molecular formula is C9H11ClFNO2S. The van der Waals surface area contributed by atoms with Crippen molar-refractivity contribution in [2.75, 3.05) is 12.3 Å². The summed E-state index contributed by atoms with van der Waals surface area (Å²) in [7, 11) is -3.35. The van der Waals surface area contributed by atoms with Crippen LogP contribution < -0.4 is 5.73 Å². The quantitative estimate of drug-likeness (QED) is 0.879. The van der Waals surface area contributed by atoms with Crippen LogP contribution in [-0.4, -0.2) is 20.7 Å². The molecule has 0 aliphatic carbocycles. The fraction of sp³-hybridized carbons (Fsp3) is 0.333. The third-order valence-electron chi connectivity index (χ3n) is 1.84. The van der Waals surface area contributed by atoms with Crippen LogP contribution in [0, 0.1) is 5.82 Å². The lowest BCUT2D eigenvalue weighted by atomic mass is 10.2. The van der Waals surface area contributed by atoms with Gasteiger partial charge in [-0.1, -0.05) is 23.7 Å². The van der Waals surface area contributed by atoms with Crippen molar-refractivity contribution < 1.29 is 12.8 Å². The summed E-state index contributed by atoms with van der Waals surface area (Å²) in [4.78, 5) is 0. The van der Waals surface area contributed by atoms with Crippen molar-refractivity contribution in [2.24, 2.45) is 5.73 Å². The van der Waals surface area contributed by atoms with E-state index in [1.807, 2.05) is 0 Å². The molecule has 0 unspecified atom stereocenters. The largest absolute Gasteiger partial charge is 0.329 e. The highest BCUT2D eigenvalue weighted by atomic mass is 35.5. The van der Waals surface area contributed by atoms with Crippen LogP contribution >= 0.6 is 11.6 Å². The summed E-state index contributed by atoms with van der Waals surface area (Å²) in [6.45, 7) is 0.0323. The summed E-state index contributed by atoms with van der Waals surface area (Å²) in [5.41, 5.74) is 5.22. The van der Waals surface area contributed by atoms with E-state index in [4.69, 9.17) is 17.3 Å². The van der Waals surface area contributed by atoms with Crippen molar-refractivity contribution in [3.8, 4) is 0 Å². The minimum absolute atomic E-state index is 0.0323. The lowest BCUT2D eigenvalue weighted by Gasteiger charge is -2.05. The highest BCUT2D eigenvalue weighted by Crippen LogP contribution is 2.19. The first-order valence-corrected chi connectivity index (χ1v) is 6.49. The normalized spacial score (nSPS) is 11.7. The van der Waals surface area contributed by atoms with Gasteiger partial charge in [0.25, 0.3) is 0 Å². The first-order valence-electron chi connectivity index (χ1n) is 4.29. The lowest BCUT2D eigenvalue weighted by Crippen LogP contribution is -2.17. The van der Waals surface area contributed by atoms with Gasteiger partial charge >= 0.3 is 0 Å². The van der Waals surface area contributed by atoms with Crippen molar-refractivity contribution in [2.45, 2.75) is 5.75 Å². The zero-order chi connectivity index (χ0) is 11.5. The average Bonchev–Trinajstić information content (AvgIpc) is 2.12. The van der Waals surface area contributed by atoms with E-state index in [0.717, 1.165) is 0 Å². The third-order valence-corrected chi connectivity index (χ3v) is 3.74. The summed E-state index contributed by atoms with van der Waals surface area (Å²) in [5.74, 6) is -1.20. The molecule has 0 saturated heterocycles. The van der Waals surface area contributed by atoms with E-state index in [-0.39, 0.29) is 28.6 Å². The van der Waals surface area contributed by atoms with Gasteiger partial charge in [0.1, 0.15) is 5.82 Å². The molecule has 84 valence electrons. The van der Waals surface area contributed by atoms with Gasteiger partial charge in [-0.05, 0) is 6.07 Å². The summed E-state index contributed by atoms with van der Waals surface area (Å²) >= 11 is 5.53. The number of sulfone groups is 1. The monoisotopic (exact) mass is 251 g/mol. The van der Waals surface area contributed by atoms with E-state index in [1.54, 1.807) is 0 Å². The zero-order valence-electron chi connectivity index (χ0n) is 7.91. The molecule has 2 N–H and O–H groups in total. The summed E-state index contributed by atoms with van der Waals surface area (Å²) in [5, 5.41) is -0.0737. The number of benzene rings is 1. The molecule has 0 fully saturated rings. The minimum atomic E-state index is -3.35. The number of hydrogen-bond acceptors (Lipinski definition) is 3. The Morgan fingerprint density at radius 1 is 1.40 bits per heavy atom. The molecular weight excluding hydrogens is 241 g/mol. The Bertz CT molecular complexity index is 447. The van der Waals surface area contributed by atoms with E-state index in [9.17, 15) is 12.8 Å². The van der Waals surface area contributed by atoms with Gasteiger partial charge in [0.2, 0.25) is 0 Å². The molecule has 0 amide bonds. The van der Waals surface area contributed by atoms with Crippen molar-refractivity contribution in [3.05, 3.63) is 34.6 Å². The van der Waals surface area contributed by atoms with Crippen LogP contribution in [0.5, 0.6) is 0 Å². The molecule has 0 spiro atoms. The molecule has 0 saturated carbocycles. The van der Waals surface area contributed by atoms with Crippen LogP contribution in [0.2, 0.25) is 5.02 Å². The predicted molar refractivity (Wildman–Crippen MR) is 58.0 cm³/mol. The standard InChI is InChI=1S/C9H11ClFNO2S/c10-8-3-1-2-7(9(8)11)6-15(13,14)5-4-12/h1-3H,4-6,12H2. The van der Waals surface area contributed by atoms with Crippen LogP contribution in [-0.2, 0) is 15.6 Å². The van der Waals surface area contributed by atoms with Crippen molar-refractivity contribution in [1.82, 2.24) is 0 Å². The molecule has 0 aliphatic heterocycles. The molecule has 6 heteroatoms. The van der Waals surface area contributed by atoms with Gasteiger partial charge in [-0.2, -0.15) is 0 Å². The van der Waals surface area contributed by atoms with Gasteiger partial charge in [-0.25, -0.2) is 12.8 Å². The first-order chi connectivity index (χ1) is 6.96. The van der Waals surface area contributed by atoms with Crippen LogP contribution in [0.3, 0.4) is 0 Å². The van der Waals surface area contributed by atoms with E-state index in [2.05, 4.69) is 0 Å². The van der Waals surface area contributed by atoms with E-state index in [0.29, 0.717) is 0 Å². The smallest absolute Gasteiger partial charge is 0.155 e. The van der Waals surface area contributed by atoms with Crippen LogP contribution in [0.4, 0.5) is 4.39 Å². The Hall–Kier alpha value is -0.650. The van der Waals surface area contributed by atoms with Crippen LogP contribution in [0.1, 0.15) is 5.56 Å². The van der Waals surface area contributed by atoms with E-state index >= 15 is 0 Å². The first kappa shape index (κ1) is 12.4. The van der Waals surface area contributed by atoms with Crippen LogP contribution in [0.25, 0.3) is 0 Å². The summed E-state index contributed by atoms with van der Waals surface area (Å²) in [6, 6.07) is 4.28. The summed E-state index contributed by atoms with van der Waals surface area (Å²) in [6.07, 6.45) is 0. The molecule has 1 aromatic carbocycles. The second-order valence-electron chi connectivity index (χ2n) is 3.09. The molecule has 3 nitrogen and oxygen atoms in total. The Balaban J connectivity index is 2.95. The number of nitrogens with two attached hydrogens (primary N) is 1. The van der Waals surface area contributed by atoms with Gasteiger partial charge < -0.3 is 5.73 Å². The maximum atomic E-state index is 13.3. The number of rotatable bonds is 4. The minimum Gasteiger partial charge on any atom is -0.329 e. The highest BCUT2D eigenvalue weighted by molar-refractivity contribution is 7.90. The van der Waals surface area contributed by atoms with E-state index < -0.39 is 15.7 Å². The van der Waals surface area contributed by atoms with Crippen LogP contribution in [0.15, 0.2) is 18.2 Å². The fourth-order valence-electron chi connectivity index (χ4n) is 1.15. The Labute approximate surface area is 93.0 Å². The second kappa shape index (κ2) is 4.92. The number of hydrogen-bond donors (Lipinski definition) is 1. The lowest BCUT2D eigenvalue weighted by molar-refractivity contribution is 0.587. The van der Waals surface area contributed by atoms with Crippen molar-refractivity contribution in [1.29, 1.82) is 0 Å². The van der Waals surface area contributed by atoms with Gasteiger partial charge in [0.05, 0.1) is 16.5 Å². The Kier molecular flexibility index (Phi) is 4.07. The van der Waals surface area contributed by atoms with Gasteiger partial charge in [-0.15, -0.1) is 0 Å². The van der Waals surface area contributed by atoms with Crippen molar-refractivity contribution >= 4 is 21.4 Å². The second-order valence-corrected chi connectivity index (χ2v) is 5.68. The maximum Gasteiger partial charge on any atom is 0.155 e. The van der Waals surface area contributed by atoms with Gasteiger partial charge in [0.15, 0.2) is 9.84 Å². The molecule has 0 bridgehead atoms. The Morgan fingerprint density at radius 2 is 2.07 bits per heavy atom. The summed E-state index contributed by atoms with van der Waals surface area (Å²) < 4.78 is 36.1. The molecule has 1 aromatic rings. The molecule has 0 aromatic heterocycles. The molecule has 0 heterocycles. The molecule has 0 aliphatic rings. The number of halogens is 2. The molecule has 0 radical (unpaired) electrons. The topological polar surface area (TPSA) is 60.2 Å². The Morgan fingerprint density at radius 3 is 2.67 bits per heavy atom. The SMILES string of the molecule is NCCS(=O)(=O)Cc1cccc(Cl)c1F. The fourth-order valence-corrected chi connectivity index (χ4v) is 2.54. The van der Waals surface area contributed by atoms with Crippen molar-refractivity contribution in [3.63, 3.8) is 0 Å². The van der Waals surface area contributed by atoms with E-state index in [1.165, 1.54) is 18.2 Å². The molecule has 0 atom stereocenters. The maximum absolute atomic E-state index is 13.3. The predicted octanol–water partition coefficient (Wildman–Crippen LogP) is 1.35. The third kappa shape index (κ3) is 3.44. The van der Waals surface area contributed by atoms with Gasteiger partial charge in [-0.3, -0.25) is 0 Å². The zero-order valence-corrected chi connectivity index (χ0v) is 9.48. The average molecular weight is 252 g/mol. The molecule has 1 rings (SSSR count). The van der Waals surface area contributed by atoms with Gasteiger partial charge in [0, 0.05) is 12.1 Å².